The SMILES string of the molecule is CN(C)CCn1c(=O)c2cc(OC(=O)N(C)CCNC(=O)CCCO)c(CO)cc2c2cnc3cc4c(cc3c21)OCO4. The van der Waals surface area contributed by atoms with Gasteiger partial charge in [0.1, 0.15) is 5.75 Å². The minimum atomic E-state index is -0.712. The van der Waals surface area contributed by atoms with Gasteiger partial charge in [-0.05, 0) is 44.1 Å². The number of hydrogen-bond acceptors (Lipinski definition) is 10. The first kappa shape index (κ1) is 30.0. The Morgan fingerprint density at radius 3 is 2.51 bits per heavy atom. The quantitative estimate of drug-likeness (QED) is 0.219. The molecular formula is C30H35N5O8. The third kappa shape index (κ3) is 6.19. The van der Waals surface area contributed by atoms with Crippen molar-refractivity contribution in [1.29, 1.82) is 0 Å². The first-order chi connectivity index (χ1) is 20.7. The van der Waals surface area contributed by atoms with E-state index in [0.717, 1.165) is 5.39 Å². The van der Waals surface area contributed by atoms with Gasteiger partial charge < -0.3 is 44.1 Å². The van der Waals surface area contributed by atoms with Crippen molar-refractivity contribution < 1.29 is 34.0 Å². The van der Waals surface area contributed by atoms with Gasteiger partial charge in [-0.15, -0.1) is 0 Å². The molecule has 2 aromatic heterocycles. The molecule has 0 radical (unpaired) electrons. The Kier molecular flexibility index (Phi) is 8.94. The van der Waals surface area contributed by atoms with E-state index in [4.69, 9.17) is 19.3 Å². The van der Waals surface area contributed by atoms with Crippen LogP contribution < -0.4 is 25.1 Å². The normalized spacial score (nSPS) is 12.4. The summed E-state index contributed by atoms with van der Waals surface area (Å²) in [6.07, 6.45) is 1.54. The largest absolute Gasteiger partial charge is 0.454 e. The number of fused-ring (bicyclic) bond motifs is 6. The van der Waals surface area contributed by atoms with E-state index in [1.54, 1.807) is 22.9 Å². The van der Waals surface area contributed by atoms with Crippen molar-refractivity contribution >= 4 is 44.6 Å². The minimum absolute atomic E-state index is 0.0616. The van der Waals surface area contributed by atoms with Crippen LogP contribution in [-0.2, 0) is 17.9 Å². The van der Waals surface area contributed by atoms with Crippen LogP contribution in [0.25, 0.3) is 32.6 Å². The molecule has 228 valence electrons. The van der Waals surface area contributed by atoms with Gasteiger partial charge in [-0.1, -0.05) is 0 Å². The zero-order chi connectivity index (χ0) is 30.7. The first-order valence-electron chi connectivity index (χ1n) is 14.0. The number of hydrogen-bond donors (Lipinski definition) is 3. The molecule has 43 heavy (non-hydrogen) atoms. The molecule has 1 aliphatic heterocycles. The Morgan fingerprint density at radius 1 is 1.02 bits per heavy atom. The van der Waals surface area contributed by atoms with Gasteiger partial charge in [0.05, 0.1) is 23.0 Å². The molecule has 4 aromatic rings. The Bertz CT molecular complexity index is 1750. The maximum Gasteiger partial charge on any atom is 0.415 e. The van der Waals surface area contributed by atoms with Crippen LogP contribution in [-0.4, -0.2) is 95.7 Å². The monoisotopic (exact) mass is 593 g/mol. The summed E-state index contributed by atoms with van der Waals surface area (Å²) >= 11 is 0. The molecule has 2 amide bonds. The Labute approximate surface area is 247 Å². The number of amides is 2. The number of carbonyl (C=O) groups is 2. The molecule has 0 atom stereocenters. The second kappa shape index (κ2) is 12.8. The number of carbonyl (C=O) groups excluding carboxylic acids is 2. The highest BCUT2D eigenvalue weighted by molar-refractivity contribution is 6.15. The maximum atomic E-state index is 14.1. The van der Waals surface area contributed by atoms with Crippen LogP contribution in [0.2, 0.25) is 0 Å². The molecular weight excluding hydrogens is 558 g/mol. The lowest BCUT2D eigenvalue weighted by molar-refractivity contribution is -0.121. The summed E-state index contributed by atoms with van der Waals surface area (Å²) in [5.41, 5.74) is 1.37. The number of aromatic nitrogens is 2. The molecule has 0 aliphatic carbocycles. The van der Waals surface area contributed by atoms with Crippen molar-refractivity contribution in [3.63, 3.8) is 0 Å². The fourth-order valence-corrected chi connectivity index (χ4v) is 5.01. The van der Waals surface area contributed by atoms with Gasteiger partial charge in [-0.3, -0.25) is 14.6 Å². The molecule has 0 bridgehead atoms. The van der Waals surface area contributed by atoms with Gasteiger partial charge in [0.25, 0.3) is 5.56 Å². The average molecular weight is 594 g/mol. The fourth-order valence-electron chi connectivity index (χ4n) is 5.01. The van der Waals surface area contributed by atoms with Gasteiger partial charge in [-0.25, -0.2) is 4.79 Å². The molecule has 0 saturated heterocycles. The number of likely N-dealkylation sites (N-methyl/N-ethyl adjacent to an activating group) is 2. The van der Waals surface area contributed by atoms with Crippen molar-refractivity contribution in [1.82, 2.24) is 24.7 Å². The Hall–Kier alpha value is -4.46. The summed E-state index contributed by atoms with van der Waals surface area (Å²) < 4.78 is 18.5. The zero-order valence-corrected chi connectivity index (χ0v) is 24.4. The maximum absolute atomic E-state index is 14.1. The third-order valence-corrected chi connectivity index (χ3v) is 7.35. The lowest BCUT2D eigenvalue weighted by atomic mass is 10.0. The van der Waals surface area contributed by atoms with Crippen LogP contribution in [0.4, 0.5) is 4.79 Å². The molecule has 0 saturated carbocycles. The summed E-state index contributed by atoms with van der Waals surface area (Å²) in [5, 5.41) is 24.1. The summed E-state index contributed by atoms with van der Waals surface area (Å²) in [6.45, 7) is 0.940. The molecule has 0 unspecified atom stereocenters. The minimum Gasteiger partial charge on any atom is -0.454 e. The lowest BCUT2D eigenvalue weighted by Crippen LogP contribution is -2.37. The van der Waals surface area contributed by atoms with Crippen LogP contribution in [0.5, 0.6) is 17.2 Å². The van der Waals surface area contributed by atoms with Crippen LogP contribution in [0.3, 0.4) is 0 Å². The molecule has 13 nitrogen and oxygen atoms in total. The van der Waals surface area contributed by atoms with Gasteiger partial charge >= 0.3 is 6.09 Å². The molecule has 3 N–H and O–H groups in total. The number of rotatable bonds is 11. The second-order valence-corrected chi connectivity index (χ2v) is 10.6. The predicted molar refractivity (Wildman–Crippen MR) is 160 cm³/mol. The van der Waals surface area contributed by atoms with Crippen molar-refractivity contribution in [2.75, 3.05) is 54.2 Å². The number of benzene rings is 2. The molecule has 2 aromatic carbocycles. The highest BCUT2D eigenvalue weighted by Gasteiger charge is 2.22. The second-order valence-electron chi connectivity index (χ2n) is 10.6. The van der Waals surface area contributed by atoms with E-state index < -0.39 is 12.7 Å². The van der Waals surface area contributed by atoms with Gasteiger partial charge in [0, 0.05) is 74.9 Å². The van der Waals surface area contributed by atoms with Crippen molar-refractivity contribution in [2.45, 2.75) is 26.0 Å². The van der Waals surface area contributed by atoms with E-state index in [1.165, 1.54) is 18.0 Å². The highest BCUT2D eigenvalue weighted by Crippen LogP contribution is 2.39. The average Bonchev–Trinajstić information content (AvgIpc) is 3.45. The standard InChI is InChI=1S/C30H35N5O8/c1-33(2)8-9-35-28-21-13-25-26(42-17-41-25)14-23(21)32-15-22(28)19-11-18(16-37)24(12-20(19)29(35)39)43-30(40)34(3)7-6-31-27(38)5-4-10-36/h11-15,36-37H,4-10,16-17H2,1-3H3,(H,31,38). The number of nitrogens with one attached hydrogen (secondary N) is 1. The van der Waals surface area contributed by atoms with E-state index in [-0.39, 0.29) is 50.1 Å². The smallest absolute Gasteiger partial charge is 0.415 e. The van der Waals surface area contributed by atoms with Crippen molar-refractivity contribution in [3.05, 3.63) is 46.4 Å². The van der Waals surface area contributed by atoms with E-state index in [1.807, 2.05) is 25.1 Å². The van der Waals surface area contributed by atoms with Gasteiger partial charge in [0.2, 0.25) is 12.7 Å². The molecule has 3 heterocycles. The molecule has 5 rings (SSSR count). The van der Waals surface area contributed by atoms with E-state index in [2.05, 4.69) is 10.3 Å². The zero-order valence-electron chi connectivity index (χ0n) is 24.4. The fraction of sp³-hybridized carbons (Fsp3) is 0.400. The Balaban J connectivity index is 1.54. The summed E-state index contributed by atoms with van der Waals surface area (Å²) in [5.74, 6) is 0.996. The Morgan fingerprint density at radius 2 is 1.79 bits per heavy atom. The topological polar surface area (TPSA) is 156 Å². The molecule has 1 aliphatic rings. The number of ether oxygens (including phenoxy) is 3. The van der Waals surface area contributed by atoms with Gasteiger partial charge in [-0.2, -0.15) is 0 Å². The van der Waals surface area contributed by atoms with E-state index in [9.17, 15) is 19.5 Å². The molecule has 0 fully saturated rings. The summed E-state index contributed by atoms with van der Waals surface area (Å²) in [7, 11) is 5.37. The van der Waals surface area contributed by atoms with E-state index in [0.29, 0.717) is 63.8 Å². The number of nitrogens with zero attached hydrogens (tertiary/aromatic N) is 4. The van der Waals surface area contributed by atoms with E-state index >= 15 is 0 Å². The molecule has 0 spiro atoms. The van der Waals surface area contributed by atoms with Crippen LogP contribution in [0.1, 0.15) is 18.4 Å². The first-order valence-corrected chi connectivity index (χ1v) is 14.0. The number of aliphatic hydroxyl groups is 2. The number of pyridine rings is 2. The third-order valence-electron chi connectivity index (χ3n) is 7.35. The van der Waals surface area contributed by atoms with Gasteiger partial charge in [0.15, 0.2) is 11.5 Å². The molecule has 13 heteroatoms. The van der Waals surface area contributed by atoms with Crippen LogP contribution >= 0.6 is 0 Å². The number of aliphatic hydroxyl groups excluding tert-OH is 2. The van der Waals surface area contributed by atoms with Crippen LogP contribution in [0.15, 0.2) is 35.3 Å². The lowest BCUT2D eigenvalue weighted by Gasteiger charge is -2.20. The summed E-state index contributed by atoms with van der Waals surface area (Å²) in [6, 6.07) is 6.76. The van der Waals surface area contributed by atoms with Crippen molar-refractivity contribution in [2.24, 2.45) is 0 Å². The predicted octanol–water partition coefficient (Wildman–Crippen LogP) is 1.80. The summed E-state index contributed by atoms with van der Waals surface area (Å²) in [4.78, 5) is 46.7. The highest BCUT2D eigenvalue weighted by atomic mass is 16.7. The van der Waals surface area contributed by atoms with Crippen molar-refractivity contribution in [3.8, 4) is 17.2 Å². The van der Waals surface area contributed by atoms with Crippen LogP contribution in [0, 0.1) is 0 Å².